The van der Waals surface area contributed by atoms with Gasteiger partial charge < -0.3 is 16.8 Å². The van der Waals surface area contributed by atoms with Crippen molar-refractivity contribution in [2.24, 2.45) is 17.6 Å². The Balaban J connectivity index is 1.57. The van der Waals surface area contributed by atoms with Gasteiger partial charge in [0.1, 0.15) is 5.69 Å². The zero-order valence-electron chi connectivity index (χ0n) is 17.2. The van der Waals surface area contributed by atoms with Crippen LogP contribution in [0.2, 0.25) is 0 Å². The van der Waals surface area contributed by atoms with Gasteiger partial charge in [-0.1, -0.05) is 24.3 Å². The van der Waals surface area contributed by atoms with Crippen LogP contribution in [-0.2, 0) is 12.8 Å². The molecule has 1 atom stereocenters. The summed E-state index contributed by atoms with van der Waals surface area (Å²) in [5.74, 6) is 1.25. The van der Waals surface area contributed by atoms with E-state index >= 15 is 0 Å². The summed E-state index contributed by atoms with van der Waals surface area (Å²) in [6.45, 7) is 0.713. The number of fused-ring (bicyclic) bond motifs is 1. The summed E-state index contributed by atoms with van der Waals surface area (Å²) in [5, 5.41) is 15.1. The zero-order chi connectivity index (χ0) is 21.1. The van der Waals surface area contributed by atoms with Gasteiger partial charge in [0.25, 0.3) is 0 Å². The number of rotatable bonds is 6. The van der Waals surface area contributed by atoms with Crippen LogP contribution in [0.1, 0.15) is 61.4 Å². The van der Waals surface area contributed by atoms with E-state index in [-0.39, 0.29) is 17.5 Å². The van der Waals surface area contributed by atoms with Gasteiger partial charge in [0, 0.05) is 0 Å². The van der Waals surface area contributed by atoms with Crippen molar-refractivity contribution in [3.05, 3.63) is 51.2 Å². The smallest absolute Gasteiger partial charge is 0.332 e. The van der Waals surface area contributed by atoms with E-state index in [1.807, 2.05) is 6.07 Å². The van der Waals surface area contributed by atoms with E-state index in [9.17, 15) is 10.1 Å². The molecule has 0 amide bonds. The number of nitrogens with one attached hydrogen (secondary N) is 1. The van der Waals surface area contributed by atoms with Gasteiger partial charge in [-0.3, -0.25) is 10.1 Å². The third-order valence-corrected chi connectivity index (χ3v) is 6.62. The number of aryl methyl sites for hydroxylation is 1. The molecule has 2 aliphatic carbocycles. The van der Waals surface area contributed by atoms with Gasteiger partial charge >= 0.3 is 5.69 Å². The molecule has 8 nitrogen and oxygen atoms in total. The molecule has 30 heavy (non-hydrogen) atoms. The standard InChI is InChI=1S/C22H30N6O2/c23-13-15-10-8-14(9-11-15)12-19-20(28(29)30)21(24)27-22(26-19)25-18-7-3-5-16-4-1-2-6-17(16)18/h1-2,4,6,14-15,18H,3,5,7-13,23H2,(H3,24,25,26,27)/t14?,15?,18-/m1/s1. The third kappa shape index (κ3) is 4.38. The van der Waals surface area contributed by atoms with E-state index in [2.05, 4.69) is 33.5 Å². The molecule has 1 saturated carbocycles. The molecule has 1 heterocycles. The zero-order valence-corrected chi connectivity index (χ0v) is 17.2. The van der Waals surface area contributed by atoms with E-state index in [0.717, 1.165) is 44.9 Å². The van der Waals surface area contributed by atoms with E-state index in [0.29, 0.717) is 36.4 Å². The summed E-state index contributed by atoms with van der Waals surface area (Å²) in [6.07, 6.45) is 7.83. The van der Waals surface area contributed by atoms with Gasteiger partial charge in [0.2, 0.25) is 11.8 Å². The Morgan fingerprint density at radius 1 is 1.10 bits per heavy atom. The SMILES string of the molecule is NCC1CCC(Cc2nc(N[C@@H]3CCCc4ccccc43)nc(N)c2[N+](=O)[O-])CC1. The molecule has 2 aromatic rings. The van der Waals surface area contributed by atoms with Crippen LogP contribution >= 0.6 is 0 Å². The van der Waals surface area contributed by atoms with Crippen LogP contribution in [0.15, 0.2) is 24.3 Å². The Bertz CT molecular complexity index is 910. The molecular formula is C22H30N6O2. The van der Waals surface area contributed by atoms with E-state index < -0.39 is 4.92 Å². The summed E-state index contributed by atoms with van der Waals surface area (Å²) < 4.78 is 0. The lowest BCUT2D eigenvalue weighted by atomic mass is 9.80. The molecule has 1 aromatic heterocycles. The Hall–Kier alpha value is -2.74. The van der Waals surface area contributed by atoms with Gasteiger partial charge in [-0.25, -0.2) is 4.98 Å². The number of hydrogen-bond acceptors (Lipinski definition) is 7. The first-order valence-corrected chi connectivity index (χ1v) is 10.9. The second-order valence-electron chi connectivity index (χ2n) is 8.60. The van der Waals surface area contributed by atoms with Gasteiger partial charge in [-0.05, 0) is 80.9 Å². The first kappa shape index (κ1) is 20.5. The minimum Gasteiger partial charge on any atom is -0.378 e. The molecule has 160 valence electrons. The molecule has 2 aliphatic rings. The lowest BCUT2D eigenvalue weighted by Crippen LogP contribution is -2.23. The van der Waals surface area contributed by atoms with Crippen molar-refractivity contribution >= 4 is 17.5 Å². The Morgan fingerprint density at radius 2 is 1.83 bits per heavy atom. The van der Waals surface area contributed by atoms with Crippen molar-refractivity contribution < 1.29 is 4.92 Å². The molecule has 1 fully saturated rings. The fourth-order valence-corrected chi connectivity index (χ4v) is 4.93. The number of nitrogens with zero attached hydrogens (tertiary/aromatic N) is 3. The largest absolute Gasteiger partial charge is 0.378 e. The highest BCUT2D eigenvalue weighted by Gasteiger charge is 2.29. The maximum Gasteiger partial charge on any atom is 0.332 e. The molecular weight excluding hydrogens is 380 g/mol. The number of hydrogen-bond donors (Lipinski definition) is 3. The van der Waals surface area contributed by atoms with Crippen molar-refractivity contribution in [1.29, 1.82) is 0 Å². The number of benzene rings is 1. The monoisotopic (exact) mass is 410 g/mol. The number of nitrogens with two attached hydrogens (primary N) is 2. The molecule has 4 rings (SSSR count). The molecule has 0 radical (unpaired) electrons. The van der Waals surface area contributed by atoms with Crippen LogP contribution in [0.3, 0.4) is 0 Å². The molecule has 8 heteroatoms. The maximum atomic E-state index is 11.7. The highest BCUT2D eigenvalue weighted by Crippen LogP contribution is 2.36. The van der Waals surface area contributed by atoms with Crippen LogP contribution in [0, 0.1) is 22.0 Å². The minimum absolute atomic E-state index is 0.0627. The number of nitro groups is 1. The van der Waals surface area contributed by atoms with Crippen molar-refractivity contribution in [2.45, 2.75) is 57.4 Å². The topological polar surface area (TPSA) is 133 Å². The van der Waals surface area contributed by atoms with Crippen LogP contribution in [0.4, 0.5) is 17.5 Å². The van der Waals surface area contributed by atoms with Crippen LogP contribution in [0.25, 0.3) is 0 Å². The summed E-state index contributed by atoms with van der Waals surface area (Å²) in [6, 6.07) is 8.45. The number of aromatic nitrogens is 2. The summed E-state index contributed by atoms with van der Waals surface area (Å²) in [4.78, 5) is 20.0. The highest BCUT2D eigenvalue weighted by atomic mass is 16.6. The fourth-order valence-electron chi connectivity index (χ4n) is 4.93. The number of nitrogen functional groups attached to an aromatic ring is 1. The van der Waals surface area contributed by atoms with E-state index in [1.165, 1.54) is 11.1 Å². The van der Waals surface area contributed by atoms with Gasteiger partial charge in [-0.2, -0.15) is 4.98 Å². The second-order valence-corrected chi connectivity index (χ2v) is 8.60. The average Bonchev–Trinajstić information content (AvgIpc) is 2.74. The molecule has 0 aliphatic heterocycles. The van der Waals surface area contributed by atoms with E-state index in [4.69, 9.17) is 11.5 Å². The van der Waals surface area contributed by atoms with Gasteiger partial charge in [0.15, 0.2) is 0 Å². The molecule has 0 spiro atoms. The molecule has 0 bridgehead atoms. The van der Waals surface area contributed by atoms with E-state index in [1.54, 1.807) is 0 Å². The fraction of sp³-hybridized carbons (Fsp3) is 0.545. The molecule has 5 N–H and O–H groups in total. The van der Waals surface area contributed by atoms with Crippen LogP contribution in [-0.4, -0.2) is 21.4 Å². The second kappa shape index (κ2) is 8.95. The van der Waals surface area contributed by atoms with Crippen LogP contribution in [0.5, 0.6) is 0 Å². The van der Waals surface area contributed by atoms with Crippen molar-refractivity contribution in [2.75, 3.05) is 17.6 Å². The normalized spacial score (nSPS) is 23.6. The highest BCUT2D eigenvalue weighted by molar-refractivity contribution is 5.58. The van der Waals surface area contributed by atoms with Crippen LogP contribution < -0.4 is 16.8 Å². The van der Waals surface area contributed by atoms with Gasteiger partial charge in [-0.15, -0.1) is 0 Å². The third-order valence-electron chi connectivity index (χ3n) is 6.62. The maximum absolute atomic E-state index is 11.7. The predicted molar refractivity (Wildman–Crippen MR) is 117 cm³/mol. The molecule has 0 saturated heterocycles. The quantitative estimate of drug-likeness (QED) is 0.487. The molecule has 0 unspecified atom stereocenters. The Morgan fingerprint density at radius 3 is 2.57 bits per heavy atom. The van der Waals surface area contributed by atoms with Crippen molar-refractivity contribution in [3.63, 3.8) is 0 Å². The van der Waals surface area contributed by atoms with Crippen molar-refractivity contribution in [3.8, 4) is 0 Å². The number of anilines is 2. The lowest BCUT2D eigenvalue weighted by molar-refractivity contribution is -0.385. The Kier molecular flexibility index (Phi) is 6.13. The summed E-state index contributed by atoms with van der Waals surface area (Å²) >= 11 is 0. The lowest BCUT2D eigenvalue weighted by Gasteiger charge is -2.28. The minimum atomic E-state index is -0.449. The van der Waals surface area contributed by atoms with Crippen molar-refractivity contribution in [1.82, 2.24) is 9.97 Å². The van der Waals surface area contributed by atoms with Gasteiger partial charge in [0.05, 0.1) is 11.0 Å². The molecule has 1 aromatic carbocycles. The Labute approximate surface area is 176 Å². The average molecular weight is 411 g/mol. The first-order chi connectivity index (χ1) is 14.5. The first-order valence-electron chi connectivity index (χ1n) is 10.9. The summed E-state index contributed by atoms with van der Waals surface area (Å²) in [5.41, 5.74) is 14.7. The summed E-state index contributed by atoms with van der Waals surface area (Å²) in [7, 11) is 0. The predicted octanol–water partition coefficient (Wildman–Crippen LogP) is 3.76.